The molecule has 0 amide bonds. The van der Waals surface area contributed by atoms with Gasteiger partial charge in [0, 0.05) is 38.9 Å². The molecule has 1 aliphatic rings. The van der Waals surface area contributed by atoms with Crippen LogP contribution >= 0.6 is 0 Å². The fraction of sp³-hybridized carbons (Fsp3) is 0.455. The molecule has 3 heterocycles. The lowest BCUT2D eigenvalue weighted by atomic mass is 10.2. The molecule has 0 unspecified atom stereocenters. The maximum Gasteiger partial charge on any atom is 0.273 e. The summed E-state index contributed by atoms with van der Waals surface area (Å²) in [7, 11) is 0. The SMILES string of the molecule is O=c1[nH][nH]c2ncc(CN3CCNCC3)cc12. The van der Waals surface area contributed by atoms with Crippen LogP contribution in [0.4, 0.5) is 0 Å². The van der Waals surface area contributed by atoms with Crippen molar-refractivity contribution in [2.45, 2.75) is 6.54 Å². The molecule has 3 rings (SSSR count). The lowest BCUT2D eigenvalue weighted by Gasteiger charge is -2.26. The van der Waals surface area contributed by atoms with Crippen LogP contribution in [0.2, 0.25) is 0 Å². The van der Waals surface area contributed by atoms with Crippen LogP contribution in [0, 0.1) is 0 Å². The second-order valence-corrected chi connectivity index (χ2v) is 4.35. The third-order valence-corrected chi connectivity index (χ3v) is 3.10. The Labute approximate surface area is 98.0 Å². The van der Waals surface area contributed by atoms with Crippen LogP contribution in [0.15, 0.2) is 17.1 Å². The van der Waals surface area contributed by atoms with Crippen molar-refractivity contribution in [3.05, 3.63) is 28.2 Å². The molecular formula is C11H15N5O. The Bertz CT molecular complexity index is 566. The average Bonchev–Trinajstić information content (AvgIpc) is 2.73. The van der Waals surface area contributed by atoms with E-state index >= 15 is 0 Å². The number of nitrogens with one attached hydrogen (secondary N) is 3. The average molecular weight is 233 g/mol. The monoisotopic (exact) mass is 233 g/mol. The summed E-state index contributed by atoms with van der Waals surface area (Å²) in [5.41, 5.74) is 1.61. The number of rotatable bonds is 2. The maximum atomic E-state index is 11.5. The Morgan fingerprint density at radius 2 is 2.12 bits per heavy atom. The molecule has 0 aromatic carbocycles. The van der Waals surface area contributed by atoms with Crippen molar-refractivity contribution in [2.75, 3.05) is 26.2 Å². The van der Waals surface area contributed by atoms with E-state index in [4.69, 9.17) is 0 Å². The van der Waals surface area contributed by atoms with Gasteiger partial charge in [0.25, 0.3) is 5.56 Å². The summed E-state index contributed by atoms with van der Waals surface area (Å²) in [6.45, 7) is 5.00. The van der Waals surface area contributed by atoms with Crippen molar-refractivity contribution in [1.29, 1.82) is 0 Å². The predicted molar refractivity (Wildman–Crippen MR) is 64.9 cm³/mol. The van der Waals surface area contributed by atoms with Gasteiger partial charge >= 0.3 is 0 Å². The zero-order valence-electron chi connectivity index (χ0n) is 9.49. The van der Waals surface area contributed by atoms with E-state index in [1.165, 1.54) is 0 Å². The topological polar surface area (TPSA) is 76.8 Å². The Morgan fingerprint density at radius 3 is 2.94 bits per heavy atom. The van der Waals surface area contributed by atoms with Gasteiger partial charge in [0.15, 0.2) is 5.65 Å². The molecular weight excluding hydrogens is 218 g/mol. The number of hydrogen-bond donors (Lipinski definition) is 3. The van der Waals surface area contributed by atoms with Crippen LogP contribution in [-0.2, 0) is 6.54 Å². The zero-order chi connectivity index (χ0) is 11.7. The molecule has 90 valence electrons. The number of nitrogens with zero attached hydrogens (tertiary/aromatic N) is 2. The molecule has 0 atom stereocenters. The first kappa shape index (κ1) is 10.5. The molecule has 2 aromatic rings. The van der Waals surface area contributed by atoms with Crippen molar-refractivity contribution in [1.82, 2.24) is 25.4 Å². The minimum atomic E-state index is -0.102. The van der Waals surface area contributed by atoms with Gasteiger partial charge in [0.2, 0.25) is 0 Å². The smallest absolute Gasteiger partial charge is 0.273 e. The molecule has 1 aliphatic heterocycles. The third kappa shape index (κ3) is 2.09. The van der Waals surface area contributed by atoms with E-state index in [9.17, 15) is 4.79 Å². The Kier molecular flexibility index (Phi) is 2.66. The summed E-state index contributed by atoms with van der Waals surface area (Å²) in [5, 5.41) is 9.24. The molecule has 1 saturated heterocycles. The summed E-state index contributed by atoms with van der Waals surface area (Å²) in [4.78, 5) is 18.1. The summed E-state index contributed by atoms with van der Waals surface area (Å²) in [6, 6.07) is 1.92. The molecule has 3 N–H and O–H groups in total. The van der Waals surface area contributed by atoms with E-state index in [2.05, 4.69) is 25.4 Å². The summed E-state index contributed by atoms with van der Waals surface area (Å²) < 4.78 is 0. The normalized spacial score (nSPS) is 17.6. The van der Waals surface area contributed by atoms with Gasteiger partial charge in [-0.25, -0.2) is 4.98 Å². The van der Waals surface area contributed by atoms with Crippen molar-refractivity contribution in [2.24, 2.45) is 0 Å². The van der Waals surface area contributed by atoms with Crippen LogP contribution in [0.5, 0.6) is 0 Å². The van der Waals surface area contributed by atoms with Crippen LogP contribution in [-0.4, -0.2) is 46.3 Å². The van der Waals surface area contributed by atoms with Gasteiger partial charge in [-0.15, -0.1) is 0 Å². The van der Waals surface area contributed by atoms with E-state index in [0.717, 1.165) is 38.3 Å². The van der Waals surface area contributed by atoms with Gasteiger partial charge in [0.05, 0.1) is 5.39 Å². The first-order valence-electron chi connectivity index (χ1n) is 5.81. The standard InChI is InChI=1S/C11H15N5O/c17-11-9-5-8(6-13-10(9)14-15-11)7-16-3-1-12-2-4-16/h5-6,12H,1-4,7H2,(H2,13,14,15,17). The van der Waals surface area contributed by atoms with Gasteiger partial charge in [-0.1, -0.05) is 0 Å². The maximum absolute atomic E-state index is 11.5. The lowest BCUT2D eigenvalue weighted by Crippen LogP contribution is -2.42. The number of pyridine rings is 1. The predicted octanol–water partition coefficient (Wildman–Crippen LogP) is -0.344. The minimum Gasteiger partial charge on any atom is -0.314 e. The molecule has 0 radical (unpaired) electrons. The van der Waals surface area contributed by atoms with Crippen LogP contribution in [0.1, 0.15) is 5.56 Å². The Balaban J connectivity index is 1.84. The van der Waals surface area contributed by atoms with Gasteiger partial charge in [0.1, 0.15) is 0 Å². The molecule has 1 fully saturated rings. The first-order chi connectivity index (χ1) is 8.33. The highest BCUT2D eigenvalue weighted by molar-refractivity contribution is 5.73. The minimum absolute atomic E-state index is 0.102. The molecule has 17 heavy (non-hydrogen) atoms. The van der Waals surface area contributed by atoms with E-state index < -0.39 is 0 Å². The summed E-state index contributed by atoms with van der Waals surface area (Å²) in [6.07, 6.45) is 1.83. The lowest BCUT2D eigenvalue weighted by molar-refractivity contribution is 0.233. The first-order valence-corrected chi connectivity index (χ1v) is 5.81. The molecule has 0 saturated carbocycles. The van der Waals surface area contributed by atoms with Crippen LogP contribution in [0.25, 0.3) is 11.0 Å². The number of aromatic amines is 2. The fourth-order valence-corrected chi connectivity index (χ4v) is 2.18. The highest BCUT2D eigenvalue weighted by Crippen LogP contribution is 2.09. The largest absolute Gasteiger partial charge is 0.314 e. The fourth-order valence-electron chi connectivity index (χ4n) is 2.18. The molecule has 0 aliphatic carbocycles. The van der Waals surface area contributed by atoms with Crippen LogP contribution < -0.4 is 10.9 Å². The number of fused-ring (bicyclic) bond motifs is 1. The van der Waals surface area contributed by atoms with Crippen LogP contribution in [0.3, 0.4) is 0 Å². The van der Waals surface area contributed by atoms with Gasteiger partial charge < -0.3 is 5.32 Å². The highest BCUT2D eigenvalue weighted by atomic mass is 16.1. The quantitative estimate of drug-likeness (QED) is 0.663. The third-order valence-electron chi connectivity index (χ3n) is 3.10. The van der Waals surface area contributed by atoms with Crippen molar-refractivity contribution >= 4 is 11.0 Å². The summed E-state index contributed by atoms with van der Waals surface area (Å²) >= 11 is 0. The second kappa shape index (κ2) is 4.31. The van der Waals surface area contributed by atoms with E-state index in [-0.39, 0.29) is 5.56 Å². The van der Waals surface area contributed by atoms with E-state index in [1.54, 1.807) is 0 Å². The Hall–Kier alpha value is -1.66. The molecule has 6 nitrogen and oxygen atoms in total. The number of H-pyrrole nitrogens is 2. The molecule has 6 heteroatoms. The summed E-state index contributed by atoms with van der Waals surface area (Å²) in [5.74, 6) is 0. The van der Waals surface area contributed by atoms with Crippen molar-refractivity contribution < 1.29 is 0 Å². The zero-order valence-corrected chi connectivity index (χ0v) is 9.49. The molecule has 2 aromatic heterocycles. The van der Waals surface area contributed by atoms with Crippen molar-refractivity contribution in [3.63, 3.8) is 0 Å². The van der Waals surface area contributed by atoms with Gasteiger partial charge in [-0.2, -0.15) is 0 Å². The second-order valence-electron chi connectivity index (χ2n) is 4.35. The molecule has 0 spiro atoms. The number of piperazine rings is 1. The molecule has 0 bridgehead atoms. The highest BCUT2D eigenvalue weighted by Gasteiger charge is 2.11. The van der Waals surface area contributed by atoms with Crippen molar-refractivity contribution in [3.8, 4) is 0 Å². The van der Waals surface area contributed by atoms with E-state index in [0.29, 0.717) is 11.0 Å². The number of aromatic nitrogens is 3. The van der Waals surface area contributed by atoms with Gasteiger partial charge in [-0.3, -0.25) is 19.9 Å². The van der Waals surface area contributed by atoms with E-state index in [1.807, 2.05) is 12.3 Å². The number of hydrogen-bond acceptors (Lipinski definition) is 4. The Morgan fingerprint density at radius 1 is 1.29 bits per heavy atom. The van der Waals surface area contributed by atoms with Gasteiger partial charge in [-0.05, 0) is 11.6 Å².